The topological polar surface area (TPSA) is 104 Å². The molecule has 0 aliphatic heterocycles. The van der Waals surface area contributed by atoms with Crippen molar-refractivity contribution >= 4 is 12.0 Å². The number of aromatic nitrogens is 1. The van der Waals surface area contributed by atoms with E-state index in [9.17, 15) is 14.7 Å². The number of urea groups is 1. The first-order valence-corrected chi connectivity index (χ1v) is 7.04. The van der Waals surface area contributed by atoms with Crippen LogP contribution in [0.2, 0.25) is 0 Å². The molecule has 116 valence electrons. The summed E-state index contributed by atoms with van der Waals surface area (Å²) in [5.41, 5.74) is 0.696. The van der Waals surface area contributed by atoms with Crippen LogP contribution in [0, 0.1) is 19.3 Å². The van der Waals surface area contributed by atoms with Crippen molar-refractivity contribution in [2.24, 2.45) is 5.41 Å². The summed E-state index contributed by atoms with van der Waals surface area (Å²) in [6.45, 7) is 5.59. The van der Waals surface area contributed by atoms with E-state index in [2.05, 4.69) is 15.8 Å². The Labute approximate surface area is 123 Å². The van der Waals surface area contributed by atoms with Crippen molar-refractivity contribution in [3.63, 3.8) is 0 Å². The van der Waals surface area contributed by atoms with Crippen LogP contribution in [-0.4, -0.2) is 28.3 Å². The van der Waals surface area contributed by atoms with Crippen LogP contribution >= 0.6 is 0 Å². The molecule has 1 aromatic heterocycles. The number of nitrogens with one attached hydrogen (secondary N) is 2. The fourth-order valence-electron chi connectivity index (χ4n) is 2.79. The van der Waals surface area contributed by atoms with Gasteiger partial charge in [0.1, 0.15) is 5.76 Å². The molecule has 1 saturated carbocycles. The molecule has 2 unspecified atom stereocenters. The van der Waals surface area contributed by atoms with Crippen molar-refractivity contribution in [3.8, 4) is 0 Å². The minimum absolute atomic E-state index is 0.309. The number of carbonyl (C=O) groups excluding carboxylic acids is 1. The number of carbonyl (C=O) groups is 2. The lowest BCUT2D eigenvalue weighted by atomic mass is 9.85. The first-order chi connectivity index (χ1) is 9.84. The zero-order chi connectivity index (χ0) is 15.6. The van der Waals surface area contributed by atoms with E-state index in [4.69, 9.17) is 4.52 Å². The first kappa shape index (κ1) is 15.3. The molecule has 0 aromatic carbocycles. The zero-order valence-corrected chi connectivity index (χ0v) is 12.5. The number of hydrogen-bond acceptors (Lipinski definition) is 4. The molecule has 3 N–H and O–H groups in total. The summed E-state index contributed by atoms with van der Waals surface area (Å²) >= 11 is 0. The third-order valence-corrected chi connectivity index (χ3v) is 4.36. The first-order valence-electron chi connectivity index (χ1n) is 7.04. The van der Waals surface area contributed by atoms with Gasteiger partial charge in [0.05, 0.1) is 11.1 Å². The maximum absolute atomic E-state index is 12.0. The van der Waals surface area contributed by atoms with Crippen LogP contribution in [0.15, 0.2) is 4.52 Å². The molecule has 1 aromatic rings. The Morgan fingerprint density at radius 1 is 1.48 bits per heavy atom. The Morgan fingerprint density at radius 2 is 2.19 bits per heavy atom. The molecule has 7 nitrogen and oxygen atoms in total. The van der Waals surface area contributed by atoms with Gasteiger partial charge in [-0.2, -0.15) is 0 Å². The van der Waals surface area contributed by atoms with E-state index in [0.717, 1.165) is 17.7 Å². The number of nitrogens with zero attached hydrogens (tertiary/aromatic N) is 1. The average Bonchev–Trinajstić information content (AvgIpc) is 2.93. The highest BCUT2D eigenvalue weighted by molar-refractivity contribution is 5.79. The molecule has 2 atom stereocenters. The van der Waals surface area contributed by atoms with E-state index in [-0.39, 0.29) is 12.1 Å². The maximum Gasteiger partial charge on any atom is 0.315 e. The summed E-state index contributed by atoms with van der Waals surface area (Å²) in [5.74, 6) is -0.194. The molecule has 0 spiro atoms. The molecule has 1 aliphatic rings. The highest BCUT2D eigenvalue weighted by atomic mass is 16.5. The molecule has 0 radical (unpaired) electrons. The predicted molar refractivity (Wildman–Crippen MR) is 74.7 cm³/mol. The Hall–Kier alpha value is -2.05. The van der Waals surface area contributed by atoms with Crippen molar-refractivity contribution in [3.05, 3.63) is 17.0 Å². The minimum atomic E-state index is -0.889. The molecule has 2 amide bonds. The second-order valence-electron chi connectivity index (χ2n) is 5.80. The molecular formula is C14H21N3O4. The quantitative estimate of drug-likeness (QED) is 0.784. The van der Waals surface area contributed by atoms with Gasteiger partial charge in [-0.3, -0.25) is 4.79 Å². The molecular weight excluding hydrogens is 274 g/mol. The van der Waals surface area contributed by atoms with Crippen molar-refractivity contribution in [2.75, 3.05) is 0 Å². The lowest BCUT2D eigenvalue weighted by Crippen LogP contribution is -2.50. The molecule has 1 fully saturated rings. The Balaban J connectivity index is 1.92. The standard InChI is InChI=1S/C14H21N3O4/c1-8-10(9(2)21-17-8)7-15-13(20)16-11-5-4-6-14(11,3)12(18)19/h11H,4-7H2,1-3H3,(H,18,19)(H2,15,16,20). The van der Waals surface area contributed by atoms with Crippen molar-refractivity contribution in [2.45, 2.75) is 52.6 Å². The Bertz CT molecular complexity index is 535. The molecule has 0 bridgehead atoms. The summed E-state index contributed by atoms with van der Waals surface area (Å²) < 4.78 is 5.03. The average molecular weight is 295 g/mol. The van der Waals surface area contributed by atoms with Gasteiger partial charge in [-0.05, 0) is 33.6 Å². The predicted octanol–water partition coefficient (Wildman–Crippen LogP) is 1.73. The second kappa shape index (κ2) is 5.75. The zero-order valence-electron chi connectivity index (χ0n) is 12.5. The molecule has 1 heterocycles. The number of aliphatic carboxylic acids is 1. The molecule has 21 heavy (non-hydrogen) atoms. The van der Waals surface area contributed by atoms with E-state index in [0.29, 0.717) is 25.1 Å². The number of aryl methyl sites for hydroxylation is 2. The van der Waals surface area contributed by atoms with Gasteiger partial charge in [-0.1, -0.05) is 11.6 Å². The smallest absolute Gasteiger partial charge is 0.315 e. The van der Waals surface area contributed by atoms with Crippen LogP contribution in [0.4, 0.5) is 4.79 Å². The SMILES string of the molecule is Cc1noc(C)c1CNC(=O)NC1CCCC1(C)C(=O)O. The van der Waals surface area contributed by atoms with Gasteiger partial charge in [0, 0.05) is 18.2 Å². The lowest BCUT2D eigenvalue weighted by molar-refractivity contribution is -0.148. The van der Waals surface area contributed by atoms with Crippen LogP contribution in [0.1, 0.15) is 43.2 Å². The normalized spacial score (nSPS) is 24.8. The van der Waals surface area contributed by atoms with E-state index in [1.54, 1.807) is 13.8 Å². The van der Waals surface area contributed by atoms with Gasteiger partial charge < -0.3 is 20.3 Å². The van der Waals surface area contributed by atoms with Gasteiger partial charge >= 0.3 is 12.0 Å². The van der Waals surface area contributed by atoms with E-state index in [1.807, 2.05) is 6.92 Å². The van der Waals surface area contributed by atoms with Crippen LogP contribution in [0.3, 0.4) is 0 Å². The summed E-state index contributed by atoms with van der Waals surface area (Å²) in [7, 11) is 0. The minimum Gasteiger partial charge on any atom is -0.481 e. The monoisotopic (exact) mass is 295 g/mol. The van der Waals surface area contributed by atoms with Gasteiger partial charge in [0.2, 0.25) is 0 Å². The van der Waals surface area contributed by atoms with Gasteiger partial charge in [-0.25, -0.2) is 4.79 Å². The van der Waals surface area contributed by atoms with Crippen molar-refractivity contribution < 1.29 is 19.2 Å². The molecule has 1 aliphatic carbocycles. The number of carboxylic acids is 1. The summed E-state index contributed by atoms with van der Waals surface area (Å²) in [4.78, 5) is 23.3. The second-order valence-corrected chi connectivity index (χ2v) is 5.80. The third-order valence-electron chi connectivity index (χ3n) is 4.36. The maximum atomic E-state index is 12.0. The van der Waals surface area contributed by atoms with Gasteiger partial charge in [0.25, 0.3) is 0 Å². The van der Waals surface area contributed by atoms with Crippen molar-refractivity contribution in [1.29, 1.82) is 0 Å². The van der Waals surface area contributed by atoms with Crippen LogP contribution < -0.4 is 10.6 Å². The molecule has 7 heteroatoms. The largest absolute Gasteiger partial charge is 0.481 e. The summed E-state index contributed by atoms with van der Waals surface area (Å²) in [6, 6.07) is -0.714. The number of hydrogen-bond donors (Lipinski definition) is 3. The Kier molecular flexibility index (Phi) is 4.20. The number of amides is 2. The third kappa shape index (κ3) is 3.01. The van der Waals surface area contributed by atoms with E-state index in [1.165, 1.54) is 0 Å². The Morgan fingerprint density at radius 3 is 2.76 bits per heavy atom. The number of carboxylic acid groups (broad SMARTS) is 1. The van der Waals surface area contributed by atoms with E-state index < -0.39 is 11.4 Å². The van der Waals surface area contributed by atoms with Gasteiger partial charge in [0.15, 0.2) is 0 Å². The summed E-state index contributed by atoms with van der Waals surface area (Å²) in [5, 5.41) is 18.6. The fraction of sp³-hybridized carbons (Fsp3) is 0.643. The van der Waals surface area contributed by atoms with Gasteiger partial charge in [-0.15, -0.1) is 0 Å². The van der Waals surface area contributed by atoms with Crippen LogP contribution in [-0.2, 0) is 11.3 Å². The fourth-order valence-corrected chi connectivity index (χ4v) is 2.79. The van der Waals surface area contributed by atoms with Crippen LogP contribution in [0.5, 0.6) is 0 Å². The highest BCUT2D eigenvalue weighted by Gasteiger charge is 2.45. The molecule has 0 saturated heterocycles. The van der Waals surface area contributed by atoms with Crippen LogP contribution in [0.25, 0.3) is 0 Å². The number of rotatable bonds is 4. The van der Waals surface area contributed by atoms with E-state index >= 15 is 0 Å². The summed E-state index contributed by atoms with van der Waals surface area (Å²) in [6.07, 6.45) is 2.07. The van der Waals surface area contributed by atoms with Crippen molar-refractivity contribution in [1.82, 2.24) is 15.8 Å². The lowest BCUT2D eigenvalue weighted by Gasteiger charge is -2.27. The highest BCUT2D eigenvalue weighted by Crippen LogP contribution is 2.38. The molecule has 2 rings (SSSR count).